The van der Waals surface area contributed by atoms with Gasteiger partial charge < -0.3 is 4.42 Å². The fourth-order valence-corrected chi connectivity index (χ4v) is 4.79. The summed E-state index contributed by atoms with van der Waals surface area (Å²) in [4.78, 5) is 0. The summed E-state index contributed by atoms with van der Waals surface area (Å²) in [6.07, 6.45) is 3.13. The number of benzene rings is 1. The maximum absolute atomic E-state index is 12.9. The molecule has 130 valence electrons. The minimum atomic E-state index is -3.38. The molecule has 0 saturated carbocycles. The standard InChI is InChI=1S/C17H23N3O3S/c1-3-4-7-10-24(21,22)20-12-15-9-6-5-8-14(15)11-16(20)17-19-18-13(2)23-17/h5-6,8-9,16H,3-4,7,10-12H2,1-2H3/t16-/m0/s1. The van der Waals surface area contributed by atoms with E-state index in [0.717, 1.165) is 24.0 Å². The summed E-state index contributed by atoms with van der Waals surface area (Å²) < 4.78 is 32.9. The Morgan fingerprint density at radius 2 is 1.96 bits per heavy atom. The number of sulfonamides is 1. The summed E-state index contributed by atoms with van der Waals surface area (Å²) in [6.45, 7) is 4.14. The maximum atomic E-state index is 12.9. The molecule has 0 saturated heterocycles. The minimum absolute atomic E-state index is 0.159. The normalized spacial score (nSPS) is 18.5. The van der Waals surface area contributed by atoms with E-state index in [-0.39, 0.29) is 5.75 Å². The van der Waals surface area contributed by atoms with E-state index in [1.807, 2.05) is 24.3 Å². The van der Waals surface area contributed by atoms with Crippen molar-refractivity contribution in [3.05, 3.63) is 47.2 Å². The summed E-state index contributed by atoms with van der Waals surface area (Å²) in [5.41, 5.74) is 2.18. The van der Waals surface area contributed by atoms with Crippen LogP contribution >= 0.6 is 0 Å². The van der Waals surface area contributed by atoms with Gasteiger partial charge in [0.05, 0.1) is 5.75 Å². The van der Waals surface area contributed by atoms with Gasteiger partial charge in [-0.25, -0.2) is 8.42 Å². The molecule has 3 rings (SSSR count). The first-order chi connectivity index (χ1) is 11.5. The van der Waals surface area contributed by atoms with Crippen molar-refractivity contribution >= 4 is 10.0 Å². The second-order valence-corrected chi connectivity index (χ2v) is 8.26. The zero-order chi connectivity index (χ0) is 17.2. The lowest BCUT2D eigenvalue weighted by molar-refractivity contribution is 0.249. The number of unbranched alkanes of at least 4 members (excludes halogenated alkanes) is 2. The first-order valence-corrected chi connectivity index (χ1v) is 9.98. The first kappa shape index (κ1) is 17.1. The van der Waals surface area contributed by atoms with Gasteiger partial charge in [-0.3, -0.25) is 0 Å². The molecule has 0 unspecified atom stereocenters. The predicted molar refractivity (Wildman–Crippen MR) is 90.8 cm³/mol. The molecule has 6 nitrogen and oxygen atoms in total. The van der Waals surface area contributed by atoms with Crippen LogP contribution < -0.4 is 0 Å². The van der Waals surface area contributed by atoms with Gasteiger partial charge in [-0.05, 0) is 24.0 Å². The van der Waals surface area contributed by atoms with Crippen molar-refractivity contribution in [2.45, 2.75) is 52.1 Å². The zero-order valence-electron chi connectivity index (χ0n) is 14.1. The lowest BCUT2D eigenvalue weighted by Gasteiger charge is -2.34. The number of aryl methyl sites for hydroxylation is 1. The molecular weight excluding hydrogens is 326 g/mol. The van der Waals surface area contributed by atoms with Crippen molar-refractivity contribution in [1.29, 1.82) is 0 Å². The Balaban J connectivity index is 1.94. The number of hydrogen-bond acceptors (Lipinski definition) is 5. The Kier molecular flexibility index (Phi) is 5.01. The van der Waals surface area contributed by atoms with Crippen molar-refractivity contribution in [3.63, 3.8) is 0 Å². The quantitative estimate of drug-likeness (QED) is 0.749. The summed E-state index contributed by atoms with van der Waals surface area (Å²) in [5, 5.41) is 7.95. The lowest BCUT2D eigenvalue weighted by atomic mass is 9.96. The Hall–Kier alpha value is -1.73. The van der Waals surface area contributed by atoms with E-state index in [0.29, 0.717) is 31.2 Å². The summed E-state index contributed by atoms with van der Waals surface area (Å²) in [5.74, 6) is 0.986. The predicted octanol–water partition coefficient (Wildman–Crippen LogP) is 3.00. The Morgan fingerprint density at radius 1 is 1.21 bits per heavy atom. The van der Waals surface area contributed by atoms with Crippen LogP contribution in [0.25, 0.3) is 0 Å². The van der Waals surface area contributed by atoms with Crippen molar-refractivity contribution in [2.24, 2.45) is 0 Å². The molecule has 1 aromatic heterocycles. The molecule has 0 spiro atoms. The molecular formula is C17H23N3O3S. The van der Waals surface area contributed by atoms with Gasteiger partial charge in [-0.1, -0.05) is 44.0 Å². The Morgan fingerprint density at radius 3 is 2.62 bits per heavy atom. The molecule has 7 heteroatoms. The van der Waals surface area contributed by atoms with Crippen LogP contribution in [0.5, 0.6) is 0 Å². The van der Waals surface area contributed by atoms with E-state index in [1.165, 1.54) is 4.31 Å². The molecule has 1 atom stereocenters. The highest BCUT2D eigenvalue weighted by molar-refractivity contribution is 7.89. The van der Waals surface area contributed by atoms with E-state index < -0.39 is 16.1 Å². The average Bonchev–Trinajstić information content (AvgIpc) is 3.00. The molecule has 1 aromatic carbocycles. The molecule has 2 aromatic rings. The van der Waals surface area contributed by atoms with Gasteiger partial charge in [0.15, 0.2) is 0 Å². The Labute approximate surface area is 142 Å². The van der Waals surface area contributed by atoms with E-state index in [4.69, 9.17) is 4.42 Å². The highest BCUT2D eigenvalue weighted by Crippen LogP contribution is 2.35. The second kappa shape index (κ2) is 7.03. The topological polar surface area (TPSA) is 76.3 Å². The third kappa shape index (κ3) is 3.52. The third-order valence-corrected chi connectivity index (χ3v) is 6.30. The molecule has 2 heterocycles. The fraction of sp³-hybridized carbons (Fsp3) is 0.529. The Bertz CT molecular complexity index is 801. The molecule has 0 amide bonds. The van der Waals surface area contributed by atoms with Gasteiger partial charge in [-0.15, -0.1) is 10.2 Å². The fourth-order valence-electron chi connectivity index (χ4n) is 3.10. The number of rotatable bonds is 6. The van der Waals surface area contributed by atoms with E-state index in [2.05, 4.69) is 17.1 Å². The smallest absolute Gasteiger partial charge is 0.235 e. The van der Waals surface area contributed by atoms with Gasteiger partial charge in [0.25, 0.3) is 0 Å². The second-order valence-electron chi connectivity index (χ2n) is 6.22. The molecule has 0 aliphatic carbocycles. The van der Waals surface area contributed by atoms with E-state index in [9.17, 15) is 8.42 Å². The van der Waals surface area contributed by atoms with E-state index >= 15 is 0 Å². The summed E-state index contributed by atoms with van der Waals surface area (Å²) in [6, 6.07) is 7.51. The monoisotopic (exact) mass is 349 g/mol. The molecule has 1 aliphatic rings. The van der Waals surface area contributed by atoms with Crippen molar-refractivity contribution in [2.75, 3.05) is 5.75 Å². The molecule has 0 bridgehead atoms. The molecule has 1 aliphatic heterocycles. The van der Waals surface area contributed by atoms with Crippen LogP contribution in [0.1, 0.15) is 55.1 Å². The highest BCUT2D eigenvalue weighted by Gasteiger charge is 2.38. The summed E-state index contributed by atoms with van der Waals surface area (Å²) >= 11 is 0. The number of fused-ring (bicyclic) bond motifs is 1. The zero-order valence-corrected chi connectivity index (χ0v) is 14.9. The van der Waals surface area contributed by atoms with Gasteiger partial charge >= 0.3 is 0 Å². The number of hydrogen-bond donors (Lipinski definition) is 0. The first-order valence-electron chi connectivity index (χ1n) is 8.37. The number of aromatic nitrogens is 2. The van der Waals surface area contributed by atoms with Gasteiger partial charge in [-0.2, -0.15) is 4.31 Å². The maximum Gasteiger partial charge on any atom is 0.235 e. The molecule has 0 fully saturated rings. The third-order valence-electron chi connectivity index (χ3n) is 4.40. The van der Waals surface area contributed by atoms with Crippen LogP contribution in [-0.4, -0.2) is 28.7 Å². The highest BCUT2D eigenvalue weighted by atomic mass is 32.2. The SMILES string of the molecule is CCCCCS(=O)(=O)N1Cc2ccccc2C[C@H]1c1nnc(C)o1. The van der Waals surface area contributed by atoms with Crippen LogP contribution in [0.3, 0.4) is 0 Å². The van der Waals surface area contributed by atoms with E-state index in [1.54, 1.807) is 6.92 Å². The molecule has 0 N–H and O–H groups in total. The van der Waals surface area contributed by atoms with Crippen molar-refractivity contribution < 1.29 is 12.8 Å². The van der Waals surface area contributed by atoms with Crippen LogP contribution in [-0.2, 0) is 23.0 Å². The lowest BCUT2D eigenvalue weighted by Crippen LogP contribution is -2.40. The molecule has 24 heavy (non-hydrogen) atoms. The van der Waals surface area contributed by atoms with Gasteiger partial charge in [0.1, 0.15) is 6.04 Å². The minimum Gasteiger partial charge on any atom is -0.424 e. The summed E-state index contributed by atoms with van der Waals surface area (Å²) in [7, 11) is -3.38. The van der Waals surface area contributed by atoms with Gasteiger partial charge in [0.2, 0.25) is 21.8 Å². The van der Waals surface area contributed by atoms with Crippen LogP contribution in [0.2, 0.25) is 0 Å². The van der Waals surface area contributed by atoms with Crippen LogP contribution in [0.15, 0.2) is 28.7 Å². The van der Waals surface area contributed by atoms with Crippen LogP contribution in [0.4, 0.5) is 0 Å². The largest absolute Gasteiger partial charge is 0.424 e. The van der Waals surface area contributed by atoms with Gasteiger partial charge in [0, 0.05) is 13.5 Å². The van der Waals surface area contributed by atoms with Crippen molar-refractivity contribution in [3.8, 4) is 0 Å². The van der Waals surface area contributed by atoms with Crippen LogP contribution in [0, 0.1) is 6.92 Å². The molecule has 0 radical (unpaired) electrons. The van der Waals surface area contributed by atoms with Crippen molar-refractivity contribution in [1.82, 2.24) is 14.5 Å². The average molecular weight is 349 g/mol. The number of nitrogens with zero attached hydrogens (tertiary/aromatic N) is 3.